The smallest absolute Gasteiger partial charge is 0.338 e. The maximum atomic E-state index is 13.5. The van der Waals surface area contributed by atoms with Gasteiger partial charge in [-0.1, -0.05) is 45.0 Å². The number of nitrogens with one attached hydrogen (secondary N) is 1. The molecule has 0 saturated carbocycles. The number of carbonyl (C=O) groups excluding carboxylic acids is 3. The summed E-state index contributed by atoms with van der Waals surface area (Å²) in [7, 11) is 1.60. The number of methoxy groups -OCH3 is 1. The number of piperazine rings is 1. The van der Waals surface area contributed by atoms with Crippen molar-refractivity contribution >= 4 is 17.9 Å². The van der Waals surface area contributed by atoms with Crippen LogP contribution in [0.2, 0.25) is 0 Å². The maximum Gasteiger partial charge on any atom is 0.338 e. The van der Waals surface area contributed by atoms with Crippen molar-refractivity contribution in [2.45, 2.75) is 59.0 Å². The molecule has 2 aromatic carbocycles. The van der Waals surface area contributed by atoms with E-state index in [2.05, 4.69) is 43.1 Å². The highest BCUT2D eigenvalue weighted by molar-refractivity contribution is 5.95. The summed E-state index contributed by atoms with van der Waals surface area (Å²) in [6.07, 6.45) is 0. The summed E-state index contributed by atoms with van der Waals surface area (Å²) >= 11 is 0. The molecule has 0 unspecified atom stereocenters. The van der Waals surface area contributed by atoms with Gasteiger partial charge in [0, 0.05) is 50.0 Å². The van der Waals surface area contributed by atoms with Crippen LogP contribution in [0.25, 0.3) is 0 Å². The van der Waals surface area contributed by atoms with E-state index in [1.54, 1.807) is 43.2 Å². The Balaban J connectivity index is 1.62. The topological polar surface area (TPSA) is 91.4 Å². The van der Waals surface area contributed by atoms with E-state index in [0.717, 1.165) is 5.56 Å². The predicted molar refractivity (Wildman–Crippen MR) is 162 cm³/mol. The number of carbonyl (C=O) groups is 3. The minimum atomic E-state index is -0.626. The first-order valence-electron chi connectivity index (χ1n) is 14.7. The van der Waals surface area contributed by atoms with E-state index in [-0.39, 0.29) is 30.0 Å². The van der Waals surface area contributed by atoms with Crippen molar-refractivity contribution in [3.8, 4) is 5.75 Å². The van der Waals surface area contributed by atoms with E-state index < -0.39 is 12.0 Å². The third-order valence-corrected chi connectivity index (χ3v) is 8.04. The van der Waals surface area contributed by atoms with E-state index in [0.29, 0.717) is 55.3 Å². The van der Waals surface area contributed by atoms with Crippen molar-refractivity contribution in [1.82, 2.24) is 20.0 Å². The van der Waals surface area contributed by atoms with Gasteiger partial charge >= 0.3 is 12.0 Å². The Kier molecular flexibility index (Phi) is 9.61. The van der Waals surface area contributed by atoms with Gasteiger partial charge in [-0.3, -0.25) is 14.6 Å². The molecule has 3 amide bonds. The van der Waals surface area contributed by atoms with Crippen LogP contribution in [0.4, 0.5) is 4.79 Å². The zero-order chi connectivity index (χ0) is 30.6. The Labute approximate surface area is 249 Å². The number of rotatable bonds is 8. The summed E-state index contributed by atoms with van der Waals surface area (Å²) in [5, 5.41) is 3.05. The number of benzene rings is 2. The number of hydrogen-bond donors (Lipinski definition) is 1. The van der Waals surface area contributed by atoms with Crippen LogP contribution in [0, 0.1) is 0 Å². The molecule has 2 aliphatic heterocycles. The van der Waals surface area contributed by atoms with Gasteiger partial charge in [-0.25, -0.2) is 9.59 Å². The molecule has 2 aliphatic rings. The Morgan fingerprint density at radius 1 is 1.00 bits per heavy atom. The summed E-state index contributed by atoms with van der Waals surface area (Å²) in [6, 6.07) is 14.3. The number of likely N-dealkylation sites (N-methyl/N-ethyl adjacent to an activating group) is 1. The molecule has 2 atom stereocenters. The second-order valence-corrected chi connectivity index (χ2v) is 11.9. The third kappa shape index (κ3) is 6.62. The van der Waals surface area contributed by atoms with Gasteiger partial charge in [0.25, 0.3) is 5.91 Å². The molecule has 4 rings (SSSR count). The summed E-state index contributed by atoms with van der Waals surface area (Å²) in [6.45, 7) is 14.9. The number of amides is 3. The standard InChI is InChI=1S/C33H44N4O5/c1-8-36-27(21-35-18-19-37(22(3)20-35)30(38)24-12-16-26(41-7)17-13-24)28(31(39)42-9-2)29(34-32(36)40)23-10-14-25(15-11-23)33(4,5)6/h10-17,22,29H,8-9,18-21H2,1-7H3,(H,34,40)/t22-,29+/m0/s1. The molecule has 226 valence electrons. The number of esters is 1. The molecule has 1 saturated heterocycles. The van der Waals surface area contributed by atoms with Gasteiger partial charge in [0.2, 0.25) is 0 Å². The SMILES string of the molecule is CCOC(=O)C1=C(CN2CCN(C(=O)c3ccc(OC)cc3)[C@@H](C)C2)N(CC)C(=O)N[C@@H]1c1ccc(C(C)(C)C)cc1. The molecule has 2 heterocycles. The van der Waals surface area contributed by atoms with Crippen LogP contribution in [0.1, 0.15) is 69.1 Å². The zero-order valence-electron chi connectivity index (χ0n) is 25.9. The highest BCUT2D eigenvalue weighted by atomic mass is 16.5. The van der Waals surface area contributed by atoms with E-state index in [1.807, 2.05) is 30.9 Å². The Morgan fingerprint density at radius 3 is 2.21 bits per heavy atom. The number of hydrogen-bond acceptors (Lipinski definition) is 6. The number of ether oxygens (including phenoxy) is 2. The van der Waals surface area contributed by atoms with Crippen molar-refractivity contribution in [2.75, 3.05) is 46.4 Å². The second kappa shape index (κ2) is 13.0. The Morgan fingerprint density at radius 2 is 1.67 bits per heavy atom. The molecule has 2 aromatic rings. The molecular weight excluding hydrogens is 532 g/mol. The molecule has 0 spiro atoms. The van der Waals surface area contributed by atoms with Crippen LogP contribution in [0.3, 0.4) is 0 Å². The normalized spacial score (nSPS) is 19.9. The van der Waals surface area contributed by atoms with Crippen LogP contribution in [0.15, 0.2) is 59.8 Å². The van der Waals surface area contributed by atoms with Crippen molar-refractivity contribution in [1.29, 1.82) is 0 Å². The van der Waals surface area contributed by atoms with Gasteiger partial charge in [0.1, 0.15) is 5.75 Å². The molecule has 0 radical (unpaired) electrons. The van der Waals surface area contributed by atoms with Gasteiger partial charge < -0.3 is 19.7 Å². The zero-order valence-corrected chi connectivity index (χ0v) is 25.9. The molecular formula is C33H44N4O5. The summed E-state index contributed by atoms with van der Waals surface area (Å²) in [5.74, 6) is 0.245. The van der Waals surface area contributed by atoms with Crippen LogP contribution in [0.5, 0.6) is 5.75 Å². The molecule has 0 bridgehead atoms. The van der Waals surface area contributed by atoms with E-state index >= 15 is 0 Å². The second-order valence-electron chi connectivity index (χ2n) is 11.9. The first-order valence-corrected chi connectivity index (χ1v) is 14.7. The Hall–Kier alpha value is -3.85. The Bertz CT molecular complexity index is 1310. The van der Waals surface area contributed by atoms with Crippen LogP contribution < -0.4 is 10.1 Å². The van der Waals surface area contributed by atoms with Crippen molar-refractivity contribution < 1.29 is 23.9 Å². The monoisotopic (exact) mass is 576 g/mol. The predicted octanol–water partition coefficient (Wildman–Crippen LogP) is 4.74. The van der Waals surface area contributed by atoms with Crippen molar-refractivity contribution in [3.05, 3.63) is 76.5 Å². The lowest BCUT2D eigenvalue weighted by molar-refractivity contribution is -0.139. The van der Waals surface area contributed by atoms with Crippen molar-refractivity contribution in [2.24, 2.45) is 0 Å². The van der Waals surface area contributed by atoms with Crippen LogP contribution in [-0.4, -0.2) is 85.1 Å². The fourth-order valence-corrected chi connectivity index (χ4v) is 5.67. The van der Waals surface area contributed by atoms with Gasteiger partial charge in [-0.2, -0.15) is 0 Å². The molecule has 1 fully saturated rings. The fraction of sp³-hybridized carbons (Fsp3) is 0.485. The molecule has 0 aromatic heterocycles. The van der Waals surface area contributed by atoms with Crippen molar-refractivity contribution in [3.63, 3.8) is 0 Å². The summed E-state index contributed by atoms with van der Waals surface area (Å²) in [5.41, 5.74) is 3.69. The lowest BCUT2D eigenvalue weighted by Crippen LogP contribution is -2.56. The first kappa shape index (κ1) is 31.1. The lowest BCUT2D eigenvalue weighted by Gasteiger charge is -2.43. The molecule has 9 heteroatoms. The summed E-state index contributed by atoms with van der Waals surface area (Å²) < 4.78 is 10.8. The molecule has 9 nitrogen and oxygen atoms in total. The molecule has 0 aliphatic carbocycles. The summed E-state index contributed by atoms with van der Waals surface area (Å²) in [4.78, 5) is 45.9. The number of nitrogens with zero attached hydrogens (tertiary/aromatic N) is 3. The minimum absolute atomic E-state index is 0.0219. The minimum Gasteiger partial charge on any atom is -0.497 e. The van der Waals surface area contributed by atoms with Gasteiger partial charge in [-0.05, 0) is 61.6 Å². The highest BCUT2D eigenvalue weighted by Gasteiger charge is 2.39. The average molecular weight is 577 g/mol. The van der Waals surface area contributed by atoms with E-state index in [4.69, 9.17) is 9.47 Å². The third-order valence-electron chi connectivity index (χ3n) is 8.04. The first-order chi connectivity index (χ1) is 20.0. The van der Waals surface area contributed by atoms with Gasteiger partial charge in [0.05, 0.1) is 25.3 Å². The van der Waals surface area contributed by atoms with Crippen LogP contribution in [-0.2, 0) is 14.9 Å². The number of urea groups is 1. The maximum absolute atomic E-state index is 13.5. The quantitative estimate of drug-likeness (QED) is 0.457. The molecule has 42 heavy (non-hydrogen) atoms. The lowest BCUT2D eigenvalue weighted by atomic mass is 9.85. The fourth-order valence-electron chi connectivity index (χ4n) is 5.67. The van der Waals surface area contributed by atoms with Gasteiger partial charge in [0.15, 0.2) is 0 Å². The molecule has 1 N–H and O–H groups in total. The van der Waals surface area contributed by atoms with E-state index in [1.165, 1.54) is 5.56 Å². The van der Waals surface area contributed by atoms with Gasteiger partial charge in [-0.15, -0.1) is 0 Å². The van der Waals surface area contributed by atoms with E-state index in [9.17, 15) is 14.4 Å². The average Bonchev–Trinajstić information content (AvgIpc) is 2.96. The highest BCUT2D eigenvalue weighted by Crippen LogP contribution is 2.34. The largest absolute Gasteiger partial charge is 0.497 e. The van der Waals surface area contributed by atoms with Crippen LogP contribution >= 0.6 is 0 Å².